The molecule has 0 aliphatic carbocycles. The fourth-order valence-electron chi connectivity index (χ4n) is 4.56. The van der Waals surface area contributed by atoms with Gasteiger partial charge in [0, 0.05) is 32.1 Å². The van der Waals surface area contributed by atoms with Gasteiger partial charge in [0.15, 0.2) is 5.13 Å². The molecule has 11 heteroatoms. The van der Waals surface area contributed by atoms with Crippen LogP contribution < -0.4 is 20.7 Å². The van der Waals surface area contributed by atoms with Crippen LogP contribution in [0, 0.1) is 0 Å². The third-order valence-corrected chi connectivity index (χ3v) is 9.42. The summed E-state index contributed by atoms with van der Waals surface area (Å²) in [6.07, 6.45) is 2.11. The van der Waals surface area contributed by atoms with E-state index in [-0.39, 0.29) is 11.6 Å². The quantitative estimate of drug-likeness (QED) is 0.0839. The van der Waals surface area contributed by atoms with Crippen LogP contribution >= 0.6 is 34.7 Å². The number of rotatable bonds is 13. The fourth-order valence-corrected chi connectivity index (χ4v) is 6.49. The second-order valence-electron chi connectivity index (χ2n) is 10.4. The number of hydrogen-bond donors (Lipinski definition) is 3. The number of ether oxygens (including phenoxy) is 1. The summed E-state index contributed by atoms with van der Waals surface area (Å²) in [6.45, 7) is 4.48. The Morgan fingerprint density at radius 3 is 2.40 bits per heavy atom. The van der Waals surface area contributed by atoms with Crippen LogP contribution in [0.25, 0.3) is 17.3 Å². The number of amides is 3. The van der Waals surface area contributed by atoms with E-state index in [0.29, 0.717) is 40.0 Å². The molecule has 3 amide bonds. The number of anilines is 2. The van der Waals surface area contributed by atoms with Crippen molar-refractivity contribution in [2.75, 3.05) is 17.2 Å². The Morgan fingerprint density at radius 2 is 1.67 bits per heavy atom. The first-order valence-corrected chi connectivity index (χ1v) is 17.4. The standard InChI is InChI=1S/C37H33ClN4O4S2/c1-3-33(36(45)42-37-41-32(23-47-37)24-17-19-28(20-18-24)46-4-2)48-29-15-10-14-27(22-29)39-35(44)31(21-26-13-8-9-16-30(26)38)40-34(43)25-11-6-5-7-12-25/h5-23,33H,3-4H2,1-2H3,(H,39,44)(H,40,43)(H,41,42,45)/b31-21+. The van der Waals surface area contributed by atoms with Crippen molar-refractivity contribution >= 4 is 69.3 Å². The molecule has 0 fully saturated rings. The summed E-state index contributed by atoms with van der Waals surface area (Å²) in [6, 6.07) is 30.5. The van der Waals surface area contributed by atoms with Crippen LogP contribution in [0.2, 0.25) is 5.02 Å². The zero-order valence-electron chi connectivity index (χ0n) is 26.2. The minimum Gasteiger partial charge on any atom is -0.494 e. The number of nitrogens with zero attached hydrogens (tertiary/aromatic N) is 1. The predicted molar refractivity (Wildman–Crippen MR) is 196 cm³/mol. The van der Waals surface area contributed by atoms with Crippen molar-refractivity contribution in [2.45, 2.75) is 30.4 Å². The fraction of sp³-hybridized carbons (Fsp3) is 0.135. The van der Waals surface area contributed by atoms with Crippen molar-refractivity contribution in [3.8, 4) is 17.0 Å². The summed E-state index contributed by atoms with van der Waals surface area (Å²) in [5, 5.41) is 11.0. The molecule has 1 atom stereocenters. The van der Waals surface area contributed by atoms with Gasteiger partial charge in [-0.15, -0.1) is 23.1 Å². The lowest BCUT2D eigenvalue weighted by Crippen LogP contribution is -2.30. The molecule has 244 valence electrons. The summed E-state index contributed by atoms with van der Waals surface area (Å²) >= 11 is 9.11. The van der Waals surface area contributed by atoms with Crippen LogP contribution in [-0.4, -0.2) is 34.6 Å². The number of halogens is 1. The van der Waals surface area contributed by atoms with Gasteiger partial charge in [-0.2, -0.15) is 0 Å². The van der Waals surface area contributed by atoms with E-state index in [1.165, 1.54) is 29.2 Å². The molecule has 0 aliphatic heterocycles. The third-order valence-electron chi connectivity index (χ3n) is 6.96. The summed E-state index contributed by atoms with van der Waals surface area (Å²) in [5.41, 5.74) is 3.20. The molecule has 3 N–H and O–H groups in total. The summed E-state index contributed by atoms with van der Waals surface area (Å²) in [7, 11) is 0. The number of nitrogens with one attached hydrogen (secondary N) is 3. The lowest BCUT2D eigenvalue weighted by Gasteiger charge is -2.15. The number of thiazole rings is 1. The molecule has 1 unspecified atom stereocenters. The molecule has 5 rings (SSSR count). The molecule has 0 saturated carbocycles. The average molecular weight is 697 g/mol. The second-order valence-corrected chi connectivity index (χ2v) is 12.9. The number of aromatic nitrogens is 1. The van der Waals surface area contributed by atoms with Crippen LogP contribution in [0.4, 0.5) is 10.8 Å². The molecular formula is C37H33ClN4O4S2. The minimum absolute atomic E-state index is 0.0221. The normalized spacial score (nSPS) is 11.8. The Balaban J connectivity index is 1.26. The Bertz CT molecular complexity index is 1910. The van der Waals surface area contributed by atoms with E-state index >= 15 is 0 Å². The molecule has 4 aromatic carbocycles. The molecule has 0 bridgehead atoms. The molecule has 48 heavy (non-hydrogen) atoms. The van der Waals surface area contributed by atoms with Gasteiger partial charge in [0.25, 0.3) is 11.8 Å². The molecule has 0 saturated heterocycles. The van der Waals surface area contributed by atoms with Gasteiger partial charge in [-0.05, 0) is 85.6 Å². The highest BCUT2D eigenvalue weighted by Gasteiger charge is 2.21. The first kappa shape index (κ1) is 34.4. The van der Waals surface area contributed by atoms with Crippen molar-refractivity contribution in [2.24, 2.45) is 0 Å². The van der Waals surface area contributed by atoms with Gasteiger partial charge in [0.05, 0.1) is 17.6 Å². The van der Waals surface area contributed by atoms with Crippen molar-refractivity contribution in [1.29, 1.82) is 0 Å². The van der Waals surface area contributed by atoms with Crippen molar-refractivity contribution in [3.05, 3.63) is 130 Å². The van der Waals surface area contributed by atoms with E-state index in [0.717, 1.165) is 21.9 Å². The Kier molecular flexibility index (Phi) is 12.0. The molecule has 8 nitrogen and oxygen atoms in total. The Morgan fingerprint density at radius 1 is 0.917 bits per heavy atom. The van der Waals surface area contributed by atoms with E-state index < -0.39 is 17.1 Å². The van der Waals surface area contributed by atoms with Gasteiger partial charge in [0.2, 0.25) is 5.91 Å². The monoisotopic (exact) mass is 696 g/mol. The summed E-state index contributed by atoms with van der Waals surface area (Å²) < 4.78 is 5.51. The molecule has 0 spiro atoms. The van der Waals surface area contributed by atoms with Gasteiger partial charge in [-0.1, -0.05) is 61.0 Å². The van der Waals surface area contributed by atoms with E-state index in [2.05, 4.69) is 20.9 Å². The van der Waals surface area contributed by atoms with Crippen LogP contribution in [0.1, 0.15) is 36.2 Å². The van der Waals surface area contributed by atoms with Crippen LogP contribution in [0.15, 0.2) is 119 Å². The largest absolute Gasteiger partial charge is 0.494 e. The first-order chi connectivity index (χ1) is 23.3. The van der Waals surface area contributed by atoms with Crippen LogP contribution in [-0.2, 0) is 9.59 Å². The van der Waals surface area contributed by atoms with Crippen molar-refractivity contribution in [1.82, 2.24) is 10.3 Å². The van der Waals surface area contributed by atoms with Crippen LogP contribution in [0.5, 0.6) is 5.75 Å². The molecule has 5 aromatic rings. The third kappa shape index (κ3) is 9.34. The minimum atomic E-state index is -0.529. The van der Waals surface area contributed by atoms with E-state index in [1.807, 2.05) is 49.6 Å². The molecule has 0 aliphatic rings. The maximum Gasteiger partial charge on any atom is 0.272 e. The number of hydrogen-bond acceptors (Lipinski definition) is 7. The maximum atomic E-state index is 13.5. The average Bonchev–Trinajstić information content (AvgIpc) is 3.57. The first-order valence-electron chi connectivity index (χ1n) is 15.2. The van der Waals surface area contributed by atoms with E-state index in [1.54, 1.807) is 72.8 Å². The molecule has 0 radical (unpaired) electrons. The van der Waals surface area contributed by atoms with Crippen LogP contribution in [0.3, 0.4) is 0 Å². The number of carbonyl (C=O) groups excluding carboxylic acids is 3. The maximum absolute atomic E-state index is 13.5. The van der Waals surface area contributed by atoms with Gasteiger partial charge < -0.3 is 20.7 Å². The molecular weight excluding hydrogens is 664 g/mol. The van der Waals surface area contributed by atoms with Gasteiger partial charge >= 0.3 is 0 Å². The highest BCUT2D eigenvalue weighted by atomic mass is 35.5. The van der Waals surface area contributed by atoms with E-state index in [9.17, 15) is 14.4 Å². The van der Waals surface area contributed by atoms with Gasteiger partial charge in [0.1, 0.15) is 11.4 Å². The van der Waals surface area contributed by atoms with Crippen molar-refractivity contribution < 1.29 is 19.1 Å². The Hall–Kier alpha value is -4.90. The summed E-state index contributed by atoms with van der Waals surface area (Å²) in [4.78, 5) is 45.2. The smallest absolute Gasteiger partial charge is 0.272 e. The zero-order chi connectivity index (χ0) is 33.9. The van der Waals surface area contributed by atoms with Gasteiger partial charge in [-0.3, -0.25) is 14.4 Å². The number of carbonyl (C=O) groups is 3. The lowest BCUT2D eigenvalue weighted by atomic mass is 10.1. The van der Waals surface area contributed by atoms with Crippen molar-refractivity contribution in [3.63, 3.8) is 0 Å². The second kappa shape index (κ2) is 16.8. The van der Waals surface area contributed by atoms with Gasteiger partial charge in [-0.25, -0.2) is 4.98 Å². The summed E-state index contributed by atoms with van der Waals surface area (Å²) in [5.74, 6) is -0.339. The number of thioether (sulfide) groups is 1. The topological polar surface area (TPSA) is 109 Å². The predicted octanol–water partition coefficient (Wildman–Crippen LogP) is 8.78. The van der Waals surface area contributed by atoms with E-state index in [4.69, 9.17) is 16.3 Å². The molecule has 1 aromatic heterocycles. The number of benzene rings is 4. The zero-order valence-corrected chi connectivity index (χ0v) is 28.6. The highest BCUT2D eigenvalue weighted by Crippen LogP contribution is 2.31. The highest BCUT2D eigenvalue weighted by molar-refractivity contribution is 8.00. The SMILES string of the molecule is CCOc1ccc(-c2csc(NC(=O)C(CC)Sc3cccc(NC(=O)/C(=C\c4ccccc4Cl)NC(=O)c4ccccc4)c3)n2)cc1. The molecule has 1 heterocycles. The lowest BCUT2D eigenvalue weighted by molar-refractivity contribution is -0.116. The Labute approximate surface area is 292 Å².